The minimum Gasteiger partial charge on any atom is -0.481 e. The van der Waals surface area contributed by atoms with Crippen molar-refractivity contribution in [2.45, 2.75) is 43.9 Å². The van der Waals surface area contributed by atoms with E-state index in [1.54, 1.807) is 13.8 Å². The van der Waals surface area contributed by atoms with Gasteiger partial charge < -0.3 is 10.2 Å². The molecule has 232 valence electrons. The van der Waals surface area contributed by atoms with E-state index in [9.17, 15) is 19.8 Å². The molecule has 0 bridgehead atoms. The average molecular weight is 621 g/mol. The van der Waals surface area contributed by atoms with Crippen molar-refractivity contribution in [2.75, 3.05) is 0 Å². The van der Waals surface area contributed by atoms with Gasteiger partial charge in [0.15, 0.2) is 0 Å². The molecule has 4 atom stereocenters. The second-order valence-corrected chi connectivity index (χ2v) is 13.1. The van der Waals surface area contributed by atoms with Crippen molar-refractivity contribution < 1.29 is 19.8 Å². The van der Waals surface area contributed by atoms with Crippen LogP contribution in [0.4, 0.5) is 0 Å². The highest BCUT2D eigenvalue weighted by Gasteiger charge is 2.56. The minimum atomic E-state index is -0.943. The standard InChI is InChI=1S/C39H32N4O4/c1-22(36(44)45)19-38(26-13-5-3-11-24(26)32-34(38)42-30-17-9-7-15-28(30)40-32)21-39(20-23(2)37(46)47)27-14-6-4-12-25(27)33-35(39)43-31-18-10-8-16-29(31)41-33/h3-18,22-23H,19-21H2,1-2H3,(H,44,45)(H,46,47). The lowest BCUT2D eigenvalue weighted by Gasteiger charge is -2.42. The minimum absolute atomic E-state index is 0.237. The van der Waals surface area contributed by atoms with Crippen molar-refractivity contribution >= 4 is 34.0 Å². The monoisotopic (exact) mass is 620 g/mol. The second-order valence-electron chi connectivity index (χ2n) is 13.1. The van der Waals surface area contributed by atoms with Crippen LogP contribution in [-0.4, -0.2) is 42.1 Å². The number of aliphatic carboxylic acids is 2. The van der Waals surface area contributed by atoms with E-state index in [1.807, 2.05) is 84.9 Å². The maximum absolute atomic E-state index is 12.7. The van der Waals surface area contributed by atoms with Gasteiger partial charge in [-0.1, -0.05) is 86.6 Å². The Kier molecular flexibility index (Phi) is 6.48. The quantitative estimate of drug-likeness (QED) is 0.180. The first-order valence-corrected chi connectivity index (χ1v) is 15.9. The highest BCUT2D eigenvalue weighted by Crippen LogP contribution is 2.61. The lowest BCUT2D eigenvalue weighted by molar-refractivity contribution is -0.142. The van der Waals surface area contributed by atoms with E-state index in [-0.39, 0.29) is 12.8 Å². The Hall–Kier alpha value is -5.50. The van der Waals surface area contributed by atoms with Crippen molar-refractivity contribution in [3.8, 4) is 22.5 Å². The fourth-order valence-corrected chi connectivity index (χ4v) is 8.16. The molecule has 6 aromatic rings. The first kappa shape index (κ1) is 28.9. The highest BCUT2D eigenvalue weighted by atomic mass is 16.4. The summed E-state index contributed by atoms with van der Waals surface area (Å²) in [6.07, 6.45) is 0.811. The number of fused-ring (bicyclic) bond motifs is 8. The van der Waals surface area contributed by atoms with Crippen molar-refractivity contribution in [1.82, 2.24) is 19.9 Å². The molecule has 8 nitrogen and oxygen atoms in total. The summed E-state index contributed by atoms with van der Waals surface area (Å²) in [5, 5.41) is 20.7. The molecule has 2 heterocycles. The molecule has 47 heavy (non-hydrogen) atoms. The van der Waals surface area contributed by atoms with Crippen molar-refractivity contribution in [3.05, 3.63) is 120 Å². The van der Waals surface area contributed by atoms with E-state index in [4.69, 9.17) is 19.9 Å². The number of carboxylic acid groups (broad SMARTS) is 2. The van der Waals surface area contributed by atoms with Gasteiger partial charge in [-0.3, -0.25) is 9.59 Å². The molecule has 4 aromatic carbocycles. The van der Waals surface area contributed by atoms with E-state index < -0.39 is 34.6 Å². The third kappa shape index (κ3) is 4.28. The van der Waals surface area contributed by atoms with Crippen LogP contribution in [0.15, 0.2) is 97.1 Å². The number of benzene rings is 4. The number of aromatic nitrogens is 4. The molecule has 0 radical (unpaired) electrons. The van der Waals surface area contributed by atoms with Gasteiger partial charge in [0.1, 0.15) is 0 Å². The number of carboxylic acids is 2. The summed E-state index contributed by atoms with van der Waals surface area (Å²) in [4.78, 5) is 46.1. The molecular weight excluding hydrogens is 588 g/mol. The van der Waals surface area contributed by atoms with Crippen LogP contribution in [-0.2, 0) is 20.4 Å². The van der Waals surface area contributed by atoms with Crippen LogP contribution < -0.4 is 0 Å². The predicted molar refractivity (Wildman–Crippen MR) is 179 cm³/mol. The Balaban J connectivity index is 1.48. The normalized spacial score (nSPS) is 20.3. The molecule has 4 unspecified atom stereocenters. The maximum Gasteiger partial charge on any atom is 0.306 e. The Morgan fingerprint density at radius 3 is 1.28 bits per heavy atom. The zero-order chi connectivity index (χ0) is 32.5. The van der Waals surface area contributed by atoms with Crippen LogP contribution in [0.2, 0.25) is 0 Å². The highest BCUT2D eigenvalue weighted by molar-refractivity contribution is 5.87. The summed E-state index contributed by atoms with van der Waals surface area (Å²) in [6.45, 7) is 3.46. The molecule has 0 fully saturated rings. The number of hydrogen-bond donors (Lipinski definition) is 2. The van der Waals surface area contributed by atoms with Crippen LogP contribution in [0.5, 0.6) is 0 Å². The number of hydrogen-bond acceptors (Lipinski definition) is 6. The van der Waals surface area contributed by atoms with Gasteiger partial charge in [0.2, 0.25) is 0 Å². The second kappa shape index (κ2) is 10.5. The Labute approximate surface area is 271 Å². The Morgan fingerprint density at radius 1 is 0.553 bits per heavy atom. The zero-order valence-electron chi connectivity index (χ0n) is 26.0. The van der Waals surface area contributed by atoms with Crippen LogP contribution in [0.25, 0.3) is 44.6 Å². The number of carbonyl (C=O) groups is 2. The molecule has 0 spiro atoms. The molecule has 0 aliphatic heterocycles. The number of rotatable bonds is 8. The number of para-hydroxylation sites is 4. The van der Waals surface area contributed by atoms with Gasteiger partial charge in [0, 0.05) is 22.0 Å². The molecular formula is C39H32N4O4. The summed E-state index contributed by atoms with van der Waals surface area (Å²) < 4.78 is 0. The van der Waals surface area contributed by atoms with Crippen LogP contribution >= 0.6 is 0 Å². The number of nitrogens with zero attached hydrogens (tertiary/aromatic N) is 4. The molecule has 2 aromatic heterocycles. The first-order valence-electron chi connectivity index (χ1n) is 15.9. The van der Waals surface area contributed by atoms with Crippen molar-refractivity contribution in [1.29, 1.82) is 0 Å². The Bertz CT molecular complexity index is 2110. The molecule has 2 aliphatic rings. The SMILES string of the molecule is CC(CC1(CC2(CC(C)C(=O)O)c3ccccc3-c3nc4ccccc4nc32)c2ccccc2-c2nc3ccccc3nc21)C(=O)O. The summed E-state index contributed by atoms with van der Waals surface area (Å²) >= 11 is 0. The predicted octanol–water partition coefficient (Wildman–Crippen LogP) is 7.42. The van der Waals surface area contributed by atoms with Gasteiger partial charge in [-0.2, -0.15) is 0 Å². The lowest BCUT2D eigenvalue weighted by Crippen LogP contribution is -2.42. The third-order valence-corrected chi connectivity index (χ3v) is 10.2. The molecule has 8 heteroatoms. The largest absolute Gasteiger partial charge is 0.481 e. The first-order chi connectivity index (χ1) is 22.7. The van der Waals surface area contributed by atoms with E-state index in [1.165, 1.54) is 0 Å². The van der Waals surface area contributed by atoms with Gasteiger partial charge in [0.05, 0.1) is 56.7 Å². The smallest absolute Gasteiger partial charge is 0.306 e. The maximum atomic E-state index is 12.7. The van der Waals surface area contributed by atoms with Gasteiger partial charge in [-0.15, -0.1) is 0 Å². The van der Waals surface area contributed by atoms with Crippen LogP contribution in [0.3, 0.4) is 0 Å². The summed E-state index contributed by atoms with van der Waals surface area (Å²) in [7, 11) is 0. The van der Waals surface area contributed by atoms with Crippen LogP contribution in [0.1, 0.15) is 55.6 Å². The fourth-order valence-electron chi connectivity index (χ4n) is 8.16. The summed E-state index contributed by atoms with van der Waals surface area (Å²) in [5.41, 5.74) is 7.67. The zero-order valence-corrected chi connectivity index (χ0v) is 26.0. The third-order valence-electron chi connectivity index (χ3n) is 10.2. The van der Waals surface area contributed by atoms with E-state index in [2.05, 4.69) is 12.1 Å². The molecule has 0 amide bonds. The van der Waals surface area contributed by atoms with Crippen molar-refractivity contribution in [3.63, 3.8) is 0 Å². The van der Waals surface area contributed by atoms with Crippen LogP contribution in [0, 0.1) is 11.8 Å². The van der Waals surface area contributed by atoms with E-state index in [0.717, 1.165) is 55.7 Å². The average Bonchev–Trinajstić information content (AvgIpc) is 3.48. The van der Waals surface area contributed by atoms with E-state index >= 15 is 0 Å². The molecule has 8 rings (SSSR count). The van der Waals surface area contributed by atoms with Gasteiger partial charge in [-0.25, -0.2) is 19.9 Å². The molecule has 0 saturated carbocycles. The van der Waals surface area contributed by atoms with Crippen molar-refractivity contribution in [2.24, 2.45) is 11.8 Å². The lowest BCUT2D eigenvalue weighted by atomic mass is 9.60. The summed E-state index contributed by atoms with van der Waals surface area (Å²) in [5.74, 6) is -3.30. The van der Waals surface area contributed by atoms with E-state index in [0.29, 0.717) is 17.8 Å². The van der Waals surface area contributed by atoms with Gasteiger partial charge in [-0.05, 0) is 54.7 Å². The Morgan fingerprint density at radius 2 is 0.894 bits per heavy atom. The topological polar surface area (TPSA) is 126 Å². The fraction of sp³-hybridized carbons (Fsp3) is 0.231. The van der Waals surface area contributed by atoms with Gasteiger partial charge >= 0.3 is 11.9 Å². The van der Waals surface area contributed by atoms with Gasteiger partial charge in [0.25, 0.3) is 0 Å². The molecule has 2 N–H and O–H groups in total. The summed E-state index contributed by atoms with van der Waals surface area (Å²) in [6, 6.07) is 31.5. The molecule has 0 saturated heterocycles. The molecule has 2 aliphatic carbocycles.